The van der Waals surface area contributed by atoms with Crippen molar-refractivity contribution in [1.29, 1.82) is 0 Å². The number of carbonyl (C=O) groups is 1. The molecule has 0 amide bonds. The van der Waals surface area contributed by atoms with Gasteiger partial charge in [0.1, 0.15) is 11.5 Å². The van der Waals surface area contributed by atoms with E-state index in [1.165, 1.54) is 12.1 Å². The van der Waals surface area contributed by atoms with E-state index in [0.29, 0.717) is 23.3 Å². The standard InChI is InChI=1S/C24H27NO9S2.2K/c1-25-22(24(26)19-9-3-2-4-10-19)17-20-11-12-21(33-13-5-7-15-35(27,28)29)18-23(20)34-14-6-8-16-36(30,31)32;;/h2-4,9-12,17-18H,5-8,13-16H2,(H,27,28,29)(H,30,31,32);;/q;2*+1/p-2. The summed E-state index contributed by atoms with van der Waals surface area (Å²) in [4.78, 5) is 16.1. The Bertz CT molecular complexity index is 1320. The molecule has 0 bridgehead atoms. The Balaban J connectivity index is 0.00000684. The van der Waals surface area contributed by atoms with Crippen LogP contribution in [0.3, 0.4) is 0 Å². The van der Waals surface area contributed by atoms with E-state index in [-0.39, 0.29) is 147 Å². The molecular weight excluding hydrogens is 589 g/mol. The molecule has 0 aliphatic heterocycles. The van der Waals surface area contributed by atoms with Gasteiger partial charge in [0.05, 0.1) is 40.0 Å². The molecule has 0 radical (unpaired) electrons. The summed E-state index contributed by atoms with van der Waals surface area (Å²) >= 11 is 0. The minimum absolute atomic E-state index is 0. The van der Waals surface area contributed by atoms with Gasteiger partial charge in [0.15, 0.2) is 5.78 Å². The van der Waals surface area contributed by atoms with Gasteiger partial charge in [0.2, 0.25) is 5.70 Å². The maximum Gasteiger partial charge on any atom is 1.00 e. The Labute approximate surface area is 308 Å². The molecule has 0 spiro atoms. The summed E-state index contributed by atoms with van der Waals surface area (Å²) in [5, 5.41) is 0. The zero-order valence-electron chi connectivity index (χ0n) is 21.3. The van der Waals surface area contributed by atoms with E-state index in [4.69, 9.17) is 16.0 Å². The Kier molecular flexibility index (Phi) is 19.2. The number of ketones is 1. The van der Waals surface area contributed by atoms with Gasteiger partial charge in [-0.15, -0.1) is 0 Å². The van der Waals surface area contributed by atoms with Crippen LogP contribution in [0, 0.1) is 6.57 Å². The van der Waals surface area contributed by atoms with E-state index >= 15 is 0 Å². The van der Waals surface area contributed by atoms with Crippen molar-refractivity contribution in [3.8, 4) is 11.5 Å². The number of hydrogen-bond acceptors (Lipinski definition) is 9. The molecule has 2 aromatic rings. The second kappa shape index (κ2) is 19.2. The third kappa shape index (κ3) is 15.7. The molecule has 0 saturated carbocycles. The maximum absolute atomic E-state index is 12.7. The van der Waals surface area contributed by atoms with Gasteiger partial charge in [-0.1, -0.05) is 30.3 Å². The van der Waals surface area contributed by atoms with E-state index in [0.717, 1.165) is 0 Å². The molecule has 0 N–H and O–H groups in total. The van der Waals surface area contributed by atoms with Crippen molar-refractivity contribution in [2.24, 2.45) is 0 Å². The van der Waals surface area contributed by atoms with Crippen LogP contribution in [0.4, 0.5) is 0 Å². The van der Waals surface area contributed by atoms with Crippen LogP contribution in [0.2, 0.25) is 0 Å². The Hall–Kier alpha value is 0.0327. The summed E-state index contributed by atoms with van der Waals surface area (Å²) in [6.07, 6.45) is 2.24. The predicted molar refractivity (Wildman–Crippen MR) is 130 cm³/mol. The zero-order valence-corrected chi connectivity index (χ0v) is 29.2. The van der Waals surface area contributed by atoms with Crippen LogP contribution in [0.1, 0.15) is 41.6 Å². The first-order chi connectivity index (χ1) is 17.0. The van der Waals surface area contributed by atoms with Gasteiger partial charge >= 0.3 is 103 Å². The fourth-order valence-corrected chi connectivity index (χ4v) is 4.13. The molecule has 0 aromatic heterocycles. The van der Waals surface area contributed by atoms with Crippen LogP contribution in [-0.4, -0.2) is 56.4 Å². The van der Waals surface area contributed by atoms with Crippen LogP contribution in [0.25, 0.3) is 10.9 Å². The van der Waals surface area contributed by atoms with Gasteiger partial charge in [-0.05, 0) is 43.9 Å². The Morgan fingerprint density at radius 2 is 1.39 bits per heavy atom. The summed E-state index contributed by atoms with van der Waals surface area (Å²) in [5.74, 6) is -0.832. The molecule has 194 valence electrons. The average Bonchev–Trinajstić information content (AvgIpc) is 2.81. The van der Waals surface area contributed by atoms with Crippen LogP contribution in [0.15, 0.2) is 54.2 Å². The van der Waals surface area contributed by atoms with Crippen molar-refractivity contribution in [3.05, 3.63) is 76.8 Å². The van der Waals surface area contributed by atoms with Crippen molar-refractivity contribution in [2.45, 2.75) is 25.7 Å². The normalized spacial score (nSPS) is 11.4. The second-order valence-corrected chi connectivity index (χ2v) is 10.7. The summed E-state index contributed by atoms with van der Waals surface area (Å²) in [7, 11) is -8.61. The molecule has 10 nitrogen and oxygen atoms in total. The topological polar surface area (TPSA) is 154 Å². The SMILES string of the molecule is [C-]#[N+]C(=Cc1ccc(OCCCCS(=O)(=O)[O-])cc1OCCCCS(=O)(=O)[O-])C(=O)c1ccccc1.[K+].[K+]. The molecule has 0 saturated heterocycles. The Morgan fingerprint density at radius 3 is 1.92 bits per heavy atom. The van der Waals surface area contributed by atoms with Crippen LogP contribution >= 0.6 is 0 Å². The molecule has 2 aromatic carbocycles. The predicted octanol–water partition coefficient (Wildman–Crippen LogP) is -2.75. The zero-order chi connectivity index (χ0) is 26.6. The maximum atomic E-state index is 12.7. The number of Topliss-reactive ketones (excluding diaryl/α,β-unsaturated/α-hetero) is 1. The molecule has 0 atom stereocenters. The van der Waals surface area contributed by atoms with Crippen LogP contribution in [0.5, 0.6) is 11.5 Å². The number of hydrogen-bond donors (Lipinski definition) is 0. The smallest absolute Gasteiger partial charge is 0.748 e. The van der Waals surface area contributed by atoms with Crippen molar-refractivity contribution >= 4 is 32.1 Å². The molecule has 0 aliphatic carbocycles. The number of unbranched alkanes of at least 4 members (excludes halogenated alkanes) is 2. The molecule has 2 rings (SSSR count). The number of allylic oxidation sites excluding steroid dienone is 1. The van der Waals surface area contributed by atoms with E-state index in [9.17, 15) is 30.7 Å². The third-order valence-corrected chi connectivity index (χ3v) is 6.35. The van der Waals surface area contributed by atoms with Crippen LogP contribution < -0.4 is 112 Å². The van der Waals surface area contributed by atoms with Crippen LogP contribution in [-0.2, 0) is 20.2 Å². The van der Waals surface area contributed by atoms with E-state index in [1.54, 1.807) is 42.5 Å². The van der Waals surface area contributed by atoms with Gasteiger partial charge in [0.25, 0.3) is 0 Å². The molecule has 14 heteroatoms. The van der Waals surface area contributed by atoms with Crippen molar-refractivity contribution in [3.63, 3.8) is 0 Å². The van der Waals surface area contributed by atoms with Gasteiger partial charge in [-0.2, -0.15) is 0 Å². The molecule has 0 fully saturated rings. The largest absolute Gasteiger partial charge is 1.00 e. The van der Waals surface area contributed by atoms with Crippen molar-refractivity contribution < 1.29 is 143 Å². The fraction of sp³-hybridized carbons (Fsp3) is 0.333. The number of carbonyl (C=O) groups excluding carboxylic acids is 1. The van der Waals surface area contributed by atoms with E-state index < -0.39 is 37.5 Å². The van der Waals surface area contributed by atoms with Crippen molar-refractivity contribution in [1.82, 2.24) is 0 Å². The quantitative estimate of drug-likeness (QED) is 0.0519. The summed E-state index contributed by atoms with van der Waals surface area (Å²) in [6, 6.07) is 13.0. The van der Waals surface area contributed by atoms with Gasteiger partial charge in [-0.25, -0.2) is 21.7 Å². The fourth-order valence-electron chi connectivity index (χ4n) is 3.02. The average molecular weight is 614 g/mol. The molecule has 38 heavy (non-hydrogen) atoms. The number of rotatable bonds is 15. The second-order valence-electron chi connectivity index (χ2n) is 7.67. The van der Waals surface area contributed by atoms with E-state index in [2.05, 4.69) is 4.85 Å². The van der Waals surface area contributed by atoms with E-state index in [1.807, 2.05) is 0 Å². The first-order valence-electron chi connectivity index (χ1n) is 10.9. The summed E-state index contributed by atoms with van der Waals surface area (Å²) in [6.45, 7) is 7.66. The minimum Gasteiger partial charge on any atom is -0.748 e. The van der Waals surface area contributed by atoms with Gasteiger partial charge in [-0.3, -0.25) is 0 Å². The summed E-state index contributed by atoms with van der Waals surface area (Å²) < 4.78 is 75.7. The van der Waals surface area contributed by atoms with Crippen molar-refractivity contribution in [2.75, 3.05) is 24.7 Å². The van der Waals surface area contributed by atoms with Gasteiger partial charge < -0.3 is 23.4 Å². The number of ether oxygens (including phenoxy) is 2. The molecule has 0 unspecified atom stereocenters. The number of nitrogens with zero attached hydrogens (tertiary/aromatic N) is 1. The third-order valence-electron chi connectivity index (χ3n) is 4.77. The minimum atomic E-state index is -4.33. The van der Waals surface area contributed by atoms with Gasteiger partial charge in [0, 0.05) is 28.7 Å². The first-order valence-corrected chi connectivity index (χ1v) is 14.1. The first kappa shape index (κ1) is 38.0. The monoisotopic (exact) mass is 613 g/mol. The Morgan fingerprint density at radius 1 is 0.842 bits per heavy atom. The molecule has 0 aliphatic rings. The molecule has 0 heterocycles. The summed E-state index contributed by atoms with van der Waals surface area (Å²) in [5.41, 5.74) is 0.614. The molecular formula is C24H25K2NO9S2. The number of benzene rings is 2.